The Kier molecular flexibility index (Phi) is 7.54. The molecular formula is C18H20Cl2N2O5S. The summed E-state index contributed by atoms with van der Waals surface area (Å²) in [6.45, 7) is 0.963. The third kappa shape index (κ3) is 5.08. The summed E-state index contributed by atoms with van der Waals surface area (Å²) >= 11 is 11.9. The third-order valence-electron chi connectivity index (χ3n) is 3.89. The second-order valence-corrected chi connectivity index (χ2v) is 8.57. The largest absolute Gasteiger partial charge is 0.447 e. The smallest absolute Gasteiger partial charge is 0.406 e. The normalized spacial score (nSPS) is 12.3. The van der Waals surface area contributed by atoms with Gasteiger partial charge in [-0.3, -0.25) is 4.31 Å². The second-order valence-electron chi connectivity index (χ2n) is 5.88. The van der Waals surface area contributed by atoms with Gasteiger partial charge in [0.25, 0.3) is 10.0 Å². The van der Waals surface area contributed by atoms with Gasteiger partial charge in [-0.1, -0.05) is 29.3 Å². The first-order chi connectivity index (χ1) is 13.2. The van der Waals surface area contributed by atoms with Crippen LogP contribution >= 0.6 is 23.2 Å². The number of aliphatic hydroxyl groups is 1. The summed E-state index contributed by atoms with van der Waals surface area (Å²) in [6.07, 6.45) is -0.691. The van der Waals surface area contributed by atoms with Crippen LogP contribution in [-0.2, 0) is 21.4 Å². The van der Waals surface area contributed by atoms with Crippen molar-refractivity contribution in [3.05, 3.63) is 58.1 Å². The number of amides is 1. The van der Waals surface area contributed by atoms with Gasteiger partial charge in [-0.2, -0.15) is 0 Å². The van der Waals surface area contributed by atoms with E-state index in [-0.39, 0.29) is 17.2 Å². The van der Waals surface area contributed by atoms with Gasteiger partial charge in [0.15, 0.2) is 0 Å². The maximum Gasteiger partial charge on any atom is 0.406 e. The molecule has 0 aliphatic rings. The van der Waals surface area contributed by atoms with Gasteiger partial charge >= 0.3 is 6.09 Å². The number of carbonyl (C=O) groups excluding carboxylic acids is 1. The Bertz CT molecular complexity index is 935. The predicted octanol–water partition coefficient (Wildman–Crippen LogP) is 3.43. The lowest BCUT2D eigenvalue weighted by molar-refractivity contribution is 0.143. The number of hydrogen-bond donors (Lipinski definition) is 2. The van der Waals surface area contributed by atoms with Crippen LogP contribution in [0.1, 0.15) is 12.5 Å². The Morgan fingerprint density at radius 3 is 2.36 bits per heavy atom. The van der Waals surface area contributed by atoms with E-state index in [9.17, 15) is 18.3 Å². The molecule has 0 aliphatic heterocycles. The van der Waals surface area contributed by atoms with Crippen LogP contribution in [0.4, 0.5) is 10.5 Å². The van der Waals surface area contributed by atoms with E-state index in [1.54, 1.807) is 13.0 Å². The number of aliphatic hydroxyl groups excluding tert-OH is 1. The van der Waals surface area contributed by atoms with Crippen molar-refractivity contribution in [3.8, 4) is 0 Å². The van der Waals surface area contributed by atoms with Gasteiger partial charge in [-0.15, -0.1) is 0 Å². The molecule has 2 aromatic carbocycles. The minimum Gasteiger partial charge on any atom is -0.447 e. The molecule has 0 heterocycles. The molecule has 28 heavy (non-hydrogen) atoms. The molecule has 0 aliphatic carbocycles. The summed E-state index contributed by atoms with van der Waals surface area (Å²) in [4.78, 5) is 11.4. The highest BCUT2D eigenvalue weighted by Gasteiger charge is 2.32. The number of carbonyl (C=O) groups is 1. The minimum absolute atomic E-state index is 0.00689. The van der Waals surface area contributed by atoms with Crippen LogP contribution in [-0.4, -0.2) is 39.3 Å². The highest BCUT2D eigenvalue weighted by molar-refractivity contribution is 7.92. The predicted molar refractivity (Wildman–Crippen MR) is 108 cm³/mol. The van der Waals surface area contributed by atoms with Crippen molar-refractivity contribution >= 4 is 45.0 Å². The Morgan fingerprint density at radius 2 is 1.79 bits per heavy atom. The van der Waals surface area contributed by atoms with E-state index in [1.165, 1.54) is 43.4 Å². The van der Waals surface area contributed by atoms with Gasteiger partial charge in [0.1, 0.15) is 6.61 Å². The maximum absolute atomic E-state index is 13.4. The number of benzene rings is 2. The number of hydrogen-bond acceptors (Lipinski definition) is 5. The summed E-state index contributed by atoms with van der Waals surface area (Å²) < 4.78 is 32.9. The molecule has 2 N–H and O–H groups in total. The summed E-state index contributed by atoms with van der Waals surface area (Å²) in [5.74, 6) is 0. The standard InChI is InChI=1S/C18H20Cl2N2O5S/c1-12(11-27-18(24)21-2)22(17-9-15(20)4-3-13(17)10-23)28(25,26)16-7-5-14(19)6-8-16/h3-9,12,23H,10-11H2,1-2H3,(H,21,24)/t12-/m0/s1. The number of nitrogens with zero attached hydrogens (tertiary/aromatic N) is 1. The van der Waals surface area contributed by atoms with E-state index in [0.29, 0.717) is 15.6 Å². The first-order valence-corrected chi connectivity index (χ1v) is 10.4. The summed E-state index contributed by atoms with van der Waals surface area (Å²) in [6, 6.07) is 9.41. The van der Waals surface area contributed by atoms with E-state index < -0.39 is 28.8 Å². The minimum atomic E-state index is -4.08. The first kappa shape index (κ1) is 22.3. The zero-order chi connectivity index (χ0) is 20.9. The Balaban J connectivity index is 2.57. The number of alkyl carbamates (subject to hydrolysis) is 1. The maximum atomic E-state index is 13.4. The number of sulfonamides is 1. The SMILES string of the molecule is CNC(=O)OC[C@H](C)N(c1cc(Cl)ccc1CO)S(=O)(=O)c1ccc(Cl)cc1. The second kappa shape index (κ2) is 9.47. The molecule has 1 atom stereocenters. The molecule has 0 unspecified atom stereocenters. The fourth-order valence-electron chi connectivity index (χ4n) is 2.54. The Labute approximate surface area is 173 Å². The quantitative estimate of drug-likeness (QED) is 0.678. The fourth-order valence-corrected chi connectivity index (χ4v) is 4.50. The number of anilines is 1. The number of nitrogens with one attached hydrogen (secondary N) is 1. The van der Waals surface area contributed by atoms with Crippen LogP contribution in [0.3, 0.4) is 0 Å². The zero-order valence-electron chi connectivity index (χ0n) is 15.2. The van der Waals surface area contributed by atoms with Crippen LogP contribution in [0.15, 0.2) is 47.4 Å². The molecule has 7 nitrogen and oxygen atoms in total. The van der Waals surface area contributed by atoms with Crippen molar-refractivity contribution in [2.75, 3.05) is 18.0 Å². The summed E-state index contributed by atoms with van der Waals surface area (Å²) in [5, 5.41) is 12.7. The van der Waals surface area contributed by atoms with E-state index in [1.807, 2.05) is 0 Å². The van der Waals surface area contributed by atoms with E-state index in [2.05, 4.69) is 5.32 Å². The van der Waals surface area contributed by atoms with Crippen LogP contribution in [0.2, 0.25) is 10.0 Å². The lowest BCUT2D eigenvalue weighted by atomic mass is 10.1. The molecule has 0 aromatic heterocycles. The highest BCUT2D eigenvalue weighted by Crippen LogP contribution is 2.32. The van der Waals surface area contributed by atoms with Gasteiger partial charge in [0, 0.05) is 22.7 Å². The van der Waals surface area contributed by atoms with Gasteiger partial charge in [-0.05, 0) is 43.3 Å². The van der Waals surface area contributed by atoms with Crippen LogP contribution < -0.4 is 9.62 Å². The lowest BCUT2D eigenvalue weighted by Crippen LogP contribution is -2.43. The van der Waals surface area contributed by atoms with Gasteiger partial charge in [0.05, 0.1) is 23.2 Å². The Hall–Kier alpha value is -2.00. The molecule has 152 valence electrons. The van der Waals surface area contributed by atoms with Crippen molar-refractivity contribution in [1.82, 2.24) is 5.32 Å². The molecule has 0 bridgehead atoms. The number of rotatable bonds is 7. The highest BCUT2D eigenvalue weighted by atomic mass is 35.5. The molecule has 0 spiro atoms. The van der Waals surface area contributed by atoms with E-state index >= 15 is 0 Å². The van der Waals surface area contributed by atoms with Crippen molar-refractivity contribution in [2.45, 2.75) is 24.5 Å². The average molecular weight is 447 g/mol. The van der Waals surface area contributed by atoms with Crippen molar-refractivity contribution in [1.29, 1.82) is 0 Å². The van der Waals surface area contributed by atoms with Gasteiger partial charge in [-0.25, -0.2) is 13.2 Å². The molecule has 1 amide bonds. The average Bonchev–Trinajstić information content (AvgIpc) is 2.66. The molecule has 0 fully saturated rings. The topological polar surface area (TPSA) is 95.9 Å². The van der Waals surface area contributed by atoms with E-state index in [4.69, 9.17) is 27.9 Å². The molecular weight excluding hydrogens is 427 g/mol. The van der Waals surface area contributed by atoms with Gasteiger partial charge < -0.3 is 15.2 Å². The first-order valence-electron chi connectivity index (χ1n) is 8.24. The molecule has 2 aromatic rings. The third-order valence-corrected chi connectivity index (χ3v) is 6.32. The molecule has 10 heteroatoms. The van der Waals surface area contributed by atoms with Crippen molar-refractivity contribution < 1.29 is 23.1 Å². The number of ether oxygens (including phenoxy) is 1. The van der Waals surface area contributed by atoms with Gasteiger partial charge in [0.2, 0.25) is 0 Å². The monoisotopic (exact) mass is 446 g/mol. The molecule has 0 saturated carbocycles. The summed E-state index contributed by atoms with van der Waals surface area (Å²) in [5.41, 5.74) is 0.548. The van der Waals surface area contributed by atoms with Crippen molar-refractivity contribution in [2.24, 2.45) is 0 Å². The molecule has 2 rings (SSSR count). The zero-order valence-corrected chi connectivity index (χ0v) is 17.6. The number of halogens is 2. The molecule has 0 saturated heterocycles. The van der Waals surface area contributed by atoms with Crippen LogP contribution in [0, 0.1) is 0 Å². The molecule has 0 radical (unpaired) electrons. The fraction of sp³-hybridized carbons (Fsp3) is 0.278. The van der Waals surface area contributed by atoms with Crippen LogP contribution in [0.5, 0.6) is 0 Å². The van der Waals surface area contributed by atoms with E-state index in [0.717, 1.165) is 4.31 Å². The lowest BCUT2D eigenvalue weighted by Gasteiger charge is -2.31. The Morgan fingerprint density at radius 1 is 1.18 bits per heavy atom. The van der Waals surface area contributed by atoms with Crippen LogP contribution in [0.25, 0.3) is 0 Å². The summed E-state index contributed by atoms with van der Waals surface area (Å²) in [7, 11) is -2.68. The van der Waals surface area contributed by atoms with Crippen molar-refractivity contribution in [3.63, 3.8) is 0 Å².